The molecular formula is C11H13ClFN3O3. The predicted octanol–water partition coefficient (Wildman–Crippen LogP) is 1.91. The molecule has 19 heavy (non-hydrogen) atoms. The normalized spacial score (nSPS) is 23.2. The molecule has 1 aliphatic heterocycles. The molecule has 0 aromatic carbocycles. The first-order valence-electron chi connectivity index (χ1n) is 5.74. The van der Waals surface area contributed by atoms with Gasteiger partial charge in [0.25, 0.3) is 0 Å². The lowest BCUT2D eigenvalue weighted by Gasteiger charge is -2.32. The van der Waals surface area contributed by atoms with E-state index in [2.05, 4.69) is 9.97 Å². The molecule has 1 fully saturated rings. The first-order valence-corrected chi connectivity index (χ1v) is 6.12. The lowest BCUT2D eigenvalue weighted by atomic mass is 10.1. The zero-order chi connectivity index (χ0) is 14.0. The molecule has 8 heteroatoms. The zero-order valence-corrected chi connectivity index (χ0v) is 11.0. The molecule has 0 aliphatic carbocycles. The monoisotopic (exact) mass is 289 g/mol. The van der Waals surface area contributed by atoms with Crippen LogP contribution in [0.1, 0.15) is 12.0 Å². The van der Waals surface area contributed by atoms with E-state index in [9.17, 15) is 9.18 Å². The number of piperidine rings is 1. The van der Waals surface area contributed by atoms with Crippen LogP contribution >= 0.6 is 11.6 Å². The van der Waals surface area contributed by atoms with Gasteiger partial charge in [-0.25, -0.2) is 19.2 Å². The van der Waals surface area contributed by atoms with Gasteiger partial charge in [-0.05, 0) is 6.92 Å². The standard InChI is InChI=1S/C11H13ClFN3O3/c1-6-9(12)14-5-15-10(6)19-8-2-3-16(11(17)18)4-7(8)13/h5,7-8H,2-4H2,1H3,(H,17,18). The van der Waals surface area contributed by atoms with Crippen molar-refractivity contribution in [3.05, 3.63) is 17.0 Å². The molecule has 2 atom stereocenters. The number of carbonyl (C=O) groups is 1. The van der Waals surface area contributed by atoms with Crippen molar-refractivity contribution in [1.82, 2.24) is 14.9 Å². The molecule has 1 N–H and O–H groups in total. The third-order valence-electron chi connectivity index (χ3n) is 2.99. The van der Waals surface area contributed by atoms with Crippen molar-refractivity contribution in [2.45, 2.75) is 25.6 Å². The van der Waals surface area contributed by atoms with Gasteiger partial charge in [-0.1, -0.05) is 11.6 Å². The van der Waals surface area contributed by atoms with Crippen LogP contribution in [-0.4, -0.2) is 51.4 Å². The minimum Gasteiger partial charge on any atom is -0.471 e. The summed E-state index contributed by atoms with van der Waals surface area (Å²) in [5, 5.41) is 9.05. The summed E-state index contributed by atoms with van der Waals surface area (Å²) in [5.74, 6) is 0.233. The molecule has 1 aromatic heterocycles. The second kappa shape index (κ2) is 5.56. The largest absolute Gasteiger partial charge is 0.471 e. The fourth-order valence-electron chi connectivity index (χ4n) is 1.87. The zero-order valence-electron chi connectivity index (χ0n) is 10.2. The molecule has 6 nitrogen and oxygen atoms in total. The van der Waals surface area contributed by atoms with Crippen LogP contribution in [0.15, 0.2) is 6.33 Å². The molecule has 2 heterocycles. The average molecular weight is 290 g/mol. The number of likely N-dealkylation sites (tertiary alicyclic amines) is 1. The Bertz CT molecular complexity index is 488. The number of hydrogen-bond acceptors (Lipinski definition) is 4. The topological polar surface area (TPSA) is 75.6 Å². The molecule has 0 radical (unpaired) electrons. The van der Waals surface area contributed by atoms with Crippen molar-refractivity contribution in [2.24, 2.45) is 0 Å². The van der Waals surface area contributed by atoms with Crippen LogP contribution in [0.5, 0.6) is 5.88 Å². The SMILES string of the molecule is Cc1c(Cl)ncnc1OC1CCN(C(=O)O)CC1F. The Hall–Kier alpha value is -1.63. The molecule has 0 saturated carbocycles. The van der Waals surface area contributed by atoms with Crippen molar-refractivity contribution in [2.75, 3.05) is 13.1 Å². The maximum Gasteiger partial charge on any atom is 0.407 e. The van der Waals surface area contributed by atoms with Crippen LogP contribution in [0.2, 0.25) is 5.15 Å². The maximum atomic E-state index is 13.9. The third kappa shape index (κ3) is 3.04. The number of nitrogens with zero attached hydrogens (tertiary/aromatic N) is 3. The number of aromatic nitrogens is 2. The van der Waals surface area contributed by atoms with E-state index in [-0.39, 0.29) is 30.5 Å². The van der Waals surface area contributed by atoms with Gasteiger partial charge < -0.3 is 14.7 Å². The van der Waals surface area contributed by atoms with Crippen LogP contribution < -0.4 is 4.74 Å². The van der Waals surface area contributed by atoms with E-state index in [1.807, 2.05) is 0 Å². The van der Waals surface area contributed by atoms with E-state index in [4.69, 9.17) is 21.4 Å². The minimum atomic E-state index is -1.39. The summed E-state index contributed by atoms with van der Waals surface area (Å²) in [4.78, 5) is 19.5. The number of alkyl halides is 1. The van der Waals surface area contributed by atoms with Gasteiger partial charge in [0.05, 0.1) is 6.54 Å². The van der Waals surface area contributed by atoms with Crippen molar-refractivity contribution >= 4 is 17.7 Å². The third-order valence-corrected chi connectivity index (χ3v) is 3.37. The molecule has 2 unspecified atom stereocenters. The first-order chi connectivity index (χ1) is 8.99. The number of rotatable bonds is 2. The highest BCUT2D eigenvalue weighted by molar-refractivity contribution is 6.30. The molecule has 104 valence electrons. The summed E-state index contributed by atoms with van der Waals surface area (Å²) in [5.41, 5.74) is 0.539. The van der Waals surface area contributed by atoms with Crippen LogP contribution in [0.4, 0.5) is 9.18 Å². The summed E-state index contributed by atoms with van der Waals surface area (Å²) >= 11 is 5.82. The molecule has 1 aromatic rings. The second-order valence-electron chi connectivity index (χ2n) is 4.28. The van der Waals surface area contributed by atoms with Gasteiger partial charge in [-0.2, -0.15) is 0 Å². The Labute approximate surface area is 114 Å². The van der Waals surface area contributed by atoms with Gasteiger partial charge in [0, 0.05) is 18.5 Å². The molecule has 1 aliphatic rings. The van der Waals surface area contributed by atoms with E-state index in [0.29, 0.717) is 5.56 Å². The molecule has 1 amide bonds. The Kier molecular flexibility index (Phi) is 4.04. The number of hydrogen-bond donors (Lipinski definition) is 1. The fraction of sp³-hybridized carbons (Fsp3) is 0.545. The molecule has 2 rings (SSSR count). The molecule has 1 saturated heterocycles. The van der Waals surface area contributed by atoms with Crippen molar-refractivity contribution in [1.29, 1.82) is 0 Å². The quantitative estimate of drug-likeness (QED) is 0.842. The number of carboxylic acid groups (broad SMARTS) is 1. The highest BCUT2D eigenvalue weighted by Gasteiger charge is 2.33. The van der Waals surface area contributed by atoms with Crippen molar-refractivity contribution < 1.29 is 19.0 Å². The van der Waals surface area contributed by atoms with Crippen LogP contribution in [0, 0.1) is 6.92 Å². The highest BCUT2D eigenvalue weighted by atomic mass is 35.5. The highest BCUT2D eigenvalue weighted by Crippen LogP contribution is 2.25. The van der Waals surface area contributed by atoms with E-state index >= 15 is 0 Å². The Morgan fingerprint density at radius 1 is 1.63 bits per heavy atom. The fourth-order valence-corrected chi connectivity index (χ4v) is 1.99. The summed E-state index contributed by atoms with van der Waals surface area (Å²) < 4.78 is 19.3. The van der Waals surface area contributed by atoms with Crippen LogP contribution in [-0.2, 0) is 0 Å². The summed E-state index contributed by atoms with van der Waals surface area (Å²) in [6, 6.07) is 0. The minimum absolute atomic E-state index is 0.197. The lowest BCUT2D eigenvalue weighted by molar-refractivity contribution is 0.0222. The Morgan fingerprint density at radius 2 is 2.37 bits per heavy atom. The smallest absolute Gasteiger partial charge is 0.407 e. The molecule has 0 spiro atoms. The summed E-state index contributed by atoms with van der Waals surface area (Å²) in [7, 11) is 0. The maximum absolute atomic E-state index is 13.9. The van der Waals surface area contributed by atoms with Crippen molar-refractivity contribution in [3.8, 4) is 5.88 Å². The van der Waals surface area contributed by atoms with Gasteiger partial charge in [-0.3, -0.25) is 0 Å². The van der Waals surface area contributed by atoms with Gasteiger partial charge in [0.2, 0.25) is 5.88 Å². The number of ether oxygens (including phenoxy) is 1. The van der Waals surface area contributed by atoms with Crippen LogP contribution in [0.25, 0.3) is 0 Å². The van der Waals surface area contributed by atoms with Crippen LogP contribution in [0.3, 0.4) is 0 Å². The Balaban J connectivity index is 2.04. The van der Waals surface area contributed by atoms with Gasteiger partial charge >= 0.3 is 6.09 Å². The van der Waals surface area contributed by atoms with E-state index in [1.165, 1.54) is 6.33 Å². The van der Waals surface area contributed by atoms with Crippen molar-refractivity contribution in [3.63, 3.8) is 0 Å². The van der Waals surface area contributed by atoms with Gasteiger partial charge in [0.15, 0.2) is 6.17 Å². The molecular weight excluding hydrogens is 277 g/mol. The van der Waals surface area contributed by atoms with Gasteiger partial charge in [0.1, 0.15) is 17.6 Å². The number of amides is 1. The number of halogens is 2. The van der Waals surface area contributed by atoms with E-state index < -0.39 is 18.4 Å². The first kappa shape index (κ1) is 13.8. The summed E-state index contributed by atoms with van der Waals surface area (Å²) in [6.07, 6.45) is -1.72. The van der Waals surface area contributed by atoms with E-state index in [1.54, 1.807) is 6.92 Å². The lowest BCUT2D eigenvalue weighted by Crippen LogP contribution is -2.48. The van der Waals surface area contributed by atoms with E-state index in [0.717, 1.165) is 4.90 Å². The average Bonchev–Trinajstić information content (AvgIpc) is 2.37. The summed E-state index contributed by atoms with van der Waals surface area (Å²) in [6.45, 7) is 1.72. The Morgan fingerprint density at radius 3 is 3.00 bits per heavy atom. The second-order valence-corrected chi connectivity index (χ2v) is 4.64. The molecule has 0 bridgehead atoms. The predicted molar refractivity (Wildman–Crippen MR) is 65.3 cm³/mol. The van der Waals surface area contributed by atoms with Gasteiger partial charge in [-0.15, -0.1) is 0 Å².